The summed E-state index contributed by atoms with van der Waals surface area (Å²) in [4.78, 5) is 0. The summed E-state index contributed by atoms with van der Waals surface area (Å²) in [5.74, 6) is 0. The molecule has 0 aliphatic heterocycles. The Balaban J connectivity index is 0. The molecule has 0 heterocycles. The number of rotatable bonds is 0. The second-order valence-corrected chi connectivity index (χ2v) is 1.34. The SMILES string of the molecule is O=S(=O)(O)O.[Ni]. The van der Waals surface area contributed by atoms with Crippen molar-refractivity contribution in [2.75, 3.05) is 0 Å². The van der Waals surface area contributed by atoms with Gasteiger partial charge >= 0.3 is 10.4 Å². The summed E-state index contributed by atoms with van der Waals surface area (Å²) in [6, 6.07) is 0. The number of hydrogen-bond donors (Lipinski definition) is 2. The Morgan fingerprint density at radius 3 is 1.17 bits per heavy atom. The van der Waals surface area contributed by atoms with Crippen molar-refractivity contribution < 1.29 is 34.0 Å². The molecule has 0 aromatic heterocycles. The van der Waals surface area contributed by atoms with E-state index in [4.69, 9.17) is 17.5 Å². The van der Waals surface area contributed by atoms with E-state index < -0.39 is 10.4 Å². The van der Waals surface area contributed by atoms with Gasteiger partial charge in [-0.1, -0.05) is 0 Å². The standard InChI is InChI=1S/Ni.H2O4S/c;1-5(2,3)4/h;(H2,1,2,3,4). The topological polar surface area (TPSA) is 74.6 Å². The molecule has 0 spiro atoms. The summed E-state index contributed by atoms with van der Waals surface area (Å²) in [5, 5.41) is 0. The van der Waals surface area contributed by atoms with Crippen molar-refractivity contribution >= 4 is 10.4 Å². The van der Waals surface area contributed by atoms with Crippen LogP contribution in [-0.4, -0.2) is 17.5 Å². The molecule has 0 rings (SSSR count). The van der Waals surface area contributed by atoms with Gasteiger partial charge in [-0.3, -0.25) is 9.11 Å². The monoisotopic (exact) mass is 156 g/mol. The van der Waals surface area contributed by atoms with Gasteiger partial charge in [0.25, 0.3) is 0 Å². The van der Waals surface area contributed by atoms with E-state index in [9.17, 15) is 0 Å². The third kappa shape index (κ3) is 374. The van der Waals surface area contributed by atoms with Crippen molar-refractivity contribution in [3.63, 3.8) is 0 Å². The van der Waals surface area contributed by atoms with Gasteiger partial charge in [-0.25, -0.2) is 0 Å². The zero-order valence-corrected chi connectivity index (χ0v) is 4.24. The van der Waals surface area contributed by atoms with Crippen LogP contribution in [-0.2, 0) is 26.9 Å². The minimum atomic E-state index is -4.67. The van der Waals surface area contributed by atoms with E-state index in [1.165, 1.54) is 0 Å². The van der Waals surface area contributed by atoms with Gasteiger partial charge in [-0.2, -0.15) is 8.42 Å². The quantitative estimate of drug-likeness (QED) is 0.361. The zero-order chi connectivity index (χ0) is 4.50. The Bertz CT molecular complexity index is 90.7. The van der Waals surface area contributed by atoms with Gasteiger partial charge in [0.15, 0.2) is 0 Å². The zero-order valence-electron chi connectivity index (χ0n) is 2.44. The second-order valence-electron chi connectivity index (χ2n) is 0.448. The van der Waals surface area contributed by atoms with Gasteiger partial charge in [0.2, 0.25) is 0 Å². The first-order chi connectivity index (χ1) is 2.00. The molecule has 4 nitrogen and oxygen atoms in total. The molecule has 0 bridgehead atoms. The van der Waals surface area contributed by atoms with Crippen LogP contribution in [0.2, 0.25) is 0 Å². The van der Waals surface area contributed by atoms with Gasteiger partial charge in [0.05, 0.1) is 0 Å². The molecule has 42 valence electrons. The maximum atomic E-state index is 8.74. The first kappa shape index (κ1) is 9.61. The molecule has 0 aromatic rings. The molecule has 0 amide bonds. The molecule has 0 atom stereocenters. The van der Waals surface area contributed by atoms with E-state index in [-0.39, 0.29) is 16.5 Å². The van der Waals surface area contributed by atoms with E-state index in [1.807, 2.05) is 0 Å². The van der Waals surface area contributed by atoms with Gasteiger partial charge in [0, 0.05) is 16.5 Å². The van der Waals surface area contributed by atoms with Crippen LogP contribution < -0.4 is 0 Å². The van der Waals surface area contributed by atoms with Crippen LogP contribution >= 0.6 is 0 Å². The first-order valence-electron chi connectivity index (χ1n) is 0.698. The van der Waals surface area contributed by atoms with Crippen LogP contribution in [0.4, 0.5) is 0 Å². The number of hydrogen-bond acceptors (Lipinski definition) is 2. The minimum Gasteiger partial charge on any atom is -0.264 e. The second kappa shape index (κ2) is 2.52. The molecule has 0 saturated heterocycles. The molecule has 6 heavy (non-hydrogen) atoms. The summed E-state index contributed by atoms with van der Waals surface area (Å²) >= 11 is 0. The molecule has 6 heteroatoms. The fourth-order valence-corrected chi connectivity index (χ4v) is 0. The first-order valence-corrected chi connectivity index (χ1v) is 2.10. The van der Waals surface area contributed by atoms with Crippen LogP contribution in [0.25, 0.3) is 0 Å². The third-order valence-electron chi connectivity index (χ3n) is 0. The van der Waals surface area contributed by atoms with Crippen LogP contribution in [0.1, 0.15) is 0 Å². The summed E-state index contributed by atoms with van der Waals surface area (Å²) in [6.07, 6.45) is 0. The van der Waals surface area contributed by atoms with Crippen molar-refractivity contribution in [3.05, 3.63) is 0 Å². The predicted molar refractivity (Wildman–Crippen MR) is 14.2 cm³/mol. The van der Waals surface area contributed by atoms with Crippen molar-refractivity contribution in [2.45, 2.75) is 0 Å². The fraction of sp³-hybridized carbons (Fsp3) is 0. The van der Waals surface area contributed by atoms with Crippen molar-refractivity contribution in [3.8, 4) is 0 Å². The summed E-state index contributed by atoms with van der Waals surface area (Å²) in [7, 11) is -4.67. The fourth-order valence-electron chi connectivity index (χ4n) is 0. The van der Waals surface area contributed by atoms with E-state index >= 15 is 0 Å². The molecule has 0 aliphatic carbocycles. The Hall–Kier alpha value is 0.364. The average Bonchev–Trinajstić information content (AvgIpc) is 0.722. The summed E-state index contributed by atoms with van der Waals surface area (Å²) < 4.78 is 31.6. The Morgan fingerprint density at radius 1 is 1.17 bits per heavy atom. The Labute approximate surface area is 45.1 Å². The van der Waals surface area contributed by atoms with Crippen LogP contribution in [0.15, 0.2) is 0 Å². The van der Waals surface area contributed by atoms with Gasteiger partial charge in [-0.05, 0) is 0 Å². The maximum Gasteiger partial charge on any atom is 0.394 e. The maximum absolute atomic E-state index is 8.74. The molecule has 0 radical (unpaired) electrons. The van der Waals surface area contributed by atoms with E-state index in [1.54, 1.807) is 0 Å². The normalized spacial score (nSPS) is 9.67. The summed E-state index contributed by atoms with van der Waals surface area (Å²) in [5.41, 5.74) is 0. The van der Waals surface area contributed by atoms with E-state index in [0.29, 0.717) is 0 Å². The predicted octanol–water partition coefficient (Wildman–Crippen LogP) is -0.655. The molecule has 0 aromatic carbocycles. The largest absolute Gasteiger partial charge is 0.394 e. The van der Waals surface area contributed by atoms with Crippen molar-refractivity contribution in [1.82, 2.24) is 0 Å². The van der Waals surface area contributed by atoms with Gasteiger partial charge in [-0.15, -0.1) is 0 Å². The average molecular weight is 157 g/mol. The summed E-state index contributed by atoms with van der Waals surface area (Å²) in [6.45, 7) is 0. The minimum absolute atomic E-state index is 0. The van der Waals surface area contributed by atoms with Crippen LogP contribution in [0.5, 0.6) is 0 Å². The molecule has 0 unspecified atom stereocenters. The van der Waals surface area contributed by atoms with E-state index in [0.717, 1.165) is 0 Å². The smallest absolute Gasteiger partial charge is 0.264 e. The Kier molecular flexibility index (Phi) is 4.04. The third-order valence-corrected chi connectivity index (χ3v) is 0. The molecule has 2 N–H and O–H groups in total. The van der Waals surface area contributed by atoms with Crippen molar-refractivity contribution in [1.29, 1.82) is 0 Å². The molecular weight excluding hydrogens is 155 g/mol. The van der Waals surface area contributed by atoms with Gasteiger partial charge < -0.3 is 0 Å². The molecule has 0 fully saturated rings. The molecule has 0 aliphatic rings. The molecule has 0 saturated carbocycles. The Morgan fingerprint density at radius 2 is 1.17 bits per heavy atom. The van der Waals surface area contributed by atoms with Crippen molar-refractivity contribution in [2.24, 2.45) is 0 Å². The van der Waals surface area contributed by atoms with E-state index in [2.05, 4.69) is 0 Å². The van der Waals surface area contributed by atoms with Gasteiger partial charge in [0.1, 0.15) is 0 Å². The van der Waals surface area contributed by atoms with Crippen LogP contribution in [0, 0.1) is 0 Å². The van der Waals surface area contributed by atoms with Crippen LogP contribution in [0.3, 0.4) is 0 Å². The molecular formula is H2NiO4S.